The second kappa shape index (κ2) is 5.50. The summed E-state index contributed by atoms with van der Waals surface area (Å²) >= 11 is 0. The zero-order chi connectivity index (χ0) is 16.6. The third-order valence-corrected chi connectivity index (χ3v) is 3.77. The number of pyridine rings is 1. The lowest BCUT2D eigenvalue weighted by Gasteiger charge is -2.21. The lowest BCUT2D eigenvalue weighted by molar-refractivity contribution is 0.102. The maximum Gasteiger partial charge on any atom is 0.259 e. The van der Waals surface area contributed by atoms with Gasteiger partial charge in [-0.3, -0.25) is 14.5 Å². The first kappa shape index (κ1) is 15.2. The molecule has 23 heavy (non-hydrogen) atoms. The SMILES string of the molecule is Cc1c(C(=O)Nc2cccc3cccnc23)cnn1C(C)(C)C. The Morgan fingerprint density at radius 2 is 1.91 bits per heavy atom. The van der Waals surface area contributed by atoms with Crippen LogP contribution in [0.15, 0.2) is 42.7 Å². The zero-order valence-corrected chi connectivity index (χ0v) is 13.8. The number of carbonyl (C=O) groups excluding carboxylic acids is 1. The van der Waals surface area contributed by atoms with Gasteiger partial charge in [0.05, 0.1) is 28.5 Å². The molecule has 0 unspecified atom stereocenters. The van der Waals surface area contributed by atoms with Gasteiger partial charge in [-0.25, -0.2) is 0 Å². The number of fused-ring (bicyclic) bond motifs is 1. The molecule has 0 spiro atoms. The van der Waals surface area contributed by atoms with Crippen LogP contribution < -0.4 is 5.32 Å². The molecule has 1 aromatic carbocycles. The van der Waals surface area contributed by atoms with Crippen LogP contribution in [0.3, 0.4) is 0 Å². The average Bonchev–Trinajstić information content (AvgIpc) is 2.89. The predicted molar refractivity (Wildman–Crippen MR) is 91.7 cm³/mol. The summed E-state index contributed by atoms with van der Waals surface area (Å²) in [6, 6.07) is 9.59. The first-order chi connectivity index (χ1) is 10.9. The smallest absolute Gasteiger partial charge is 0.259 e. The number of hydrogen-bond donors (Lipinski definition) is 1. The van der Waals surface area contributed by atoms with Gasteiger partial charge in [0.1, 0.15) is 0 Å². The molecule has 0 aliphatic heterocycles. The van der Waals surface area contributed by atoms with Gasteiger partial charge >= 0.3 is 0 Å². The van der Waals surface area contributed by atoms with E-state index in [1.165, 1.54) is 0 Å². The van der Waals surface area contributed by atoms with Crippen molar-refractivity contribution in [1.29, 1.82) is 0 Å². The van der Waals surface area contributed by atoms with Crippen LogP contribution in [0, 0.1) is 6.92 Å². The lowest BCUT2D eigenvalue weighted by atomic mass is 10.1. The number of anilines is 1. The molecule has 5 nitrogen and oxygen atoms in total. The summed E-state index contributed by atoms with van der Waals surface area (Å²) in [5.41, 5.74) is 2.75. The third-order valence-electron chi connectivity index (χ3n) is 3.77. The number of nitrogens with zero attached hydrogens (tertiary/aromatic N) is 3. The van der Waals surface area contributed by atoms with E-state index in [9.17, 15) is 4.79 Å². The number of hydrogen-bond acceptors (Lipinski definition) is 3. The number of para-hydroxylation sites is 1. The Bertz CT molecular complexity index is 869. The van der Waals surface area contributed by atoms with Gasteiger partial charge in [0.15, 0.2) is 0 Å². The Balaban J connectivity index is 1.94. The summed E-state index contributed by atoms with van der Waals surface area (Å²) < 4.78 is 1.86. The van der Waals surface area contributed by atoms with E-state index >= 15 is 0 Å². The first-order valence-corrected chi connectivity index (χ1v) is 7.58. The molecule has 0 aliphatic carbocycles. The number of rotatable bonds is 2. The fourth-order valence-corrected chi connectivity index (χ4v) is 2.70. The standard InChI is InChI=1S/C18H20N4O/c1-12-14(11-20-22(12)18(2,3)4)17(23)21-15-9-5-7-13-8-6-10-19-16(13)15/h5-11H,1-4H3,(H,21,23). The molecule has 118 valence electrons. The van der Waals surface area contributed by atoms with Crippen LogP contribution in [0.2, 0.25) is 0 Å². The van der Waals surface area contributed by atoms with E-state index < -0.39 is 0 Å². The molecule has 0 radical (unpaired) electrons. The quantitative estimate of drug-likeness (QED) is 0.784. The molecule has 5 heteroatoms. The first-order valence-electron chi connectivity index (χ1n) is 7.58. The van der Waals surface area contributed by atoms with E-state index in [0.29, 0.717) is 11.3 Å². The van der Waals surface area contributed by atoms with Crippen molar-refractivity contribution in [1.82, 2.24) is 14.8 Å². The van der Waals surface area contributed by atoms with Crippen molar-refractivity contribution in [3.63, 3.8) is 0 Å². The molecule has 1 N–H and O–H groups in total. The fourth-order valence-electron chi connectivity index (χ4n) is 2.70. The number of aromatic nitrogens is 3. The third kappa shape index (κ3) is 2.82. The van der Waals surface area contributed by atoms with Gasteiger partial charge in [0, 0.05) is 17.3 Å². The number of carbonyl (C=O) groups is 1. The molecule has 0 saturated carbocycles. The van der Waals surface area contributed by atoms with Gasteiger partial charge in [0.25, 0.3) is 5.91 Å². The van der Waals surface area contributed by atoms with E-state index in [2.05, 4.69) is 36.2 Å². The normalized spacial score (nSPS) is 11.7. The zero-order valence-electron chi connectivity index (χ0n) is 13.8. The van der Waals surface area contributed by atoms with E-state index in [1.807, 2.05) is 41.9 Å². The topological polar surface area (TPSA) is 59.8 Å². The molecular weight excluding hydrogens is 288 g/mol. The maximum absolute atomic E-state index is 12.6. The van der Waals surface area contributed by atoms with E-state index in [4.69, 9.17) is 0 Å². The highest BCUT2D eigenvalue weighted by atomic mass is 16.1. The molecule has 1 amide bonds. The van der Waals surface area contributed by atoms with Crippen molar-refractivity contribution in [3.8, 4) is 0 Å². The summed E-state index contributed by atoms with van der Waals surface area (Å²) in [5, 5.41) is 8.30. The summed E-state index contributed by atoms with van der Waals surface area (Å²) in [6.45, 7) is 8.09. The average molecular weight is 308 g/mol. The minimum atomic E-state index is -0.170. The Morgan fingerprint density at radius 1 is 1.17 bits per heavy atom. The Hall–Kier alpha value is -2.69. The van der Waals surface area contributed by atoms with Crippen molar-refractivity contribution in [2.75, 3.05) is 5.32 Å². The summed E-state index contributed by atoms with van der Waals surface area (Å²) in [4.78, 5) is 17.0. The van der Waals surface area contributed by atoms with Crippen LogP contribution in [0.1, 0.15) is 36.8 Å². The van der Waals surface area contributed by atoms with Gasteiger partial charge in [0.2, 0.25) is 0 Å². The number of benzene rings is 1. The van der Waals surface area contributed by atoms with Gasteiger partial charge in [-0.05, 0) is 39.8 Å². The molecular formula is C18H20N4O. The van der Waals surface area contributed by atoms with Crippen molar-refractivity contribution in [2.45, 2.75) is 33.2 Å². The molecule has 0 saturated heterocycles. The summed E-state index contributed by atoms with van der Waals surface area (Å²) in [7, 11) is 0. The lowest BCUT2D eigenvalue weighted by Crippen LogP contribution is -2.25. The second-order valence-corrected chi connectivity index (χ2v) is 6.56. The van der Waals surface area contributed by atoms with Crippen molar-refractivity contribution in [3.05, 3.63) is 54.0 Å². The van der Waals surface area contributed by atoms with Crippen LogP contribution in [-0.2, 0) is 5.54 Å². The van der Waals surface area contributed by atoms with Gasteiger partial charge in [-0.15, -0.1) is 0 Å². The van der Waals surface area contributed by atoms with E-state index in [0.717, 1.165) is 16.6 Å². The summed E-state index contributed by atoms with van der Waals surface area (Å²) in [5.74, 6) is -0.170. The molecule has 0 atom stereocenters. The summed E-state index contributed by atoms with van der Waals surface area (Å²) in [6.07, 6.45) is 3.34. The molecule has 0 fully saturated rings. The molecule has 0 bridgehead atoms. The highest BCUT2D eigenvalue weighted by Gasteiger charge is 2.21. The molecule has 0 aliphatic rings. The molecule has 2 heterocycles. The van der Waals surface area contributed by atoms with Gasteiger partial charge in [-0.2, -0.15) is 5.10 Å². The maximum atomic E-state index is 12.6. The van der Waals surface area contributed by atoms with Gasteiger partial charge < -0.3 is 5.32 Å². The highest BCUT2D eigenvalue weighted by molar-refractivity contribution is 6.08. The molecule has 2 aromatic heterocycles. The van der Waals surface area contributed by atoms with Crippen LogP contribution in [0.25, 0.3) is 10.9 Å². The Labute approximate surface area is 135 Å². The van der Waals surface area contributed by atoms with Crippen LogP contribution in [0.5, 0.6) is 0 Å². The Morgan fingerprint density at radius 3 is 2.61 bits per heavy atom. The largest absolute Gasteiger partial charge is 0.320 e. The predicted octanol–water partition coefficient (Wildman–Crippen LogP) is 3.75. The van der Waals surface area contributed by atoms with E-state index in [1.54, 1.807) is 12.4 Å². The van der Waals surface area contributed by atoms with Crippen molar-refractivity contribution >= 4 is 22.5 Å². The highest BCUT2D eigenvalue weighted by Crippen LogP contribution is 2.23. The van der Waals surface area contributed by atoms with Crippen LogP contribution in [-0.4, -0.2) is 20.7 Å². The van der Waals surface area contributed by atoms with Crippen LogP contribution in [0.4, 0.5) is 5.69 Å². The Kier molecular flexibility index (Phi) is 3.64. The molecule has 3 aromatic rings. The number of amides is 1. The van der Waals surface area contributed by atoms with E-state index in [-0.39, 0.29) is 11.4 Å². The van der Waals surface area contributed by atoms with Crippen molar-refractivity contribution < 1.29 is 4.79 Å². The second-order valence-electron chi connectivity index (χ2n) is 6.56. The number of nitrogens with one attached hydrogen (secondary N) is 1. The van der Waals surface area contributed by atoms with Gasteiger partial charge in [-0.1, -0.05) is 18.2 Å². The minimum Gasteiger partial charge on any atom is -0.320 e. The van der Waals surface area contributed by atoms with Crippen LogP contribution >= 0.6 is 0 Å². The fraction of sp³-hybridized carbons (Fsp3) is 0.278. The minimum absolute atomic E-state index is 0.163. The monoisotopic (exact) mass is 308 g/mol. The van der Waals surface area contributed by atoms with Crippen molar-refractivity contribution in [2.24, 2.45) is 0 Å². The molecule has 3 rings (SSSR count).